The maximum absolute atomic E-state index is 7.23. The fourth-order valence-corrected chi connectivity index (χ4v) is 0.534. The van der Waals surface area contributed by atoms with Gasteiger partial charge in [0.15, 0.2) is 0 Å². The van der Waals surface area contributed by atoms with E-state index < -0.39 is 17.2 Å². The second-order valence-corrected chi connectivity index (χ2v) is 3.26. The Bertz CT molecular complexity index is 212. The second-order valence-electron chi connectivity index (χ2n) is 2.19. The first kappa shape index (κ1) is 21.6. The van der Waals surface area contributed by atoms with Crippen LogP contribution in [0.3, 0.4) is 0 Å². The molecule has 0 radical (unpaired) electrons. The first-order valence-corrected chi connectivity index (χ1v) is 6.01. The smallest absolute Gasteiger partial charge is 0.324 e. The molecule has 0 atom stereocenters. The van der Waals surface area contributed by atoms with Gasteiger partial charge in [-0.15, -0.1) is 0 Å². The zero-order valence-corrected chi connectivity index (χ0v) is 11.1. The van der Waals surface area contributed by atoms with Crippen LogP contribution in [0.15, 0.2) is 30.3 Å². The van der Waals surface area contributed by atoms with Crippen LogP contribution in [0.25, 0.3) is 0 Å². The Kier molecular flexibility index (Phi) is 20.7. The average Bonchev–Trinajstić information content (AvgIpc) is 2.03. The molecule has 6 nitrogen and oxygen atoms in total. The third-order valence-electron chi connectivity index (χ3n) is 0.940. The molecule has 0 spiro atoms. The van der Waals surface area contributed by atoms with Crippen molar-refractivity contribution in [1.82, 2.24) is 0 Å². The molecule has 1 rings (SSSR count). The summed E-state index contributed by atoms with van der Waals surface area (Å²) in [7, 11) is -5.24. The van der Waals surface area contributed by atoms with Crippen molar-refractivity contribution in [3.63, 3.8) is 0 Å². The molecule has 0 amide bonds. The summed E-state index contributed by atoms with van der Waals surface area (Å²) in [6.45, 7) is 2.08. The minimum Gasteiger partial charge on any atom is -0.328 e. The van der Waals surface area contributed by atoms with Gasteiger partial charge < -0.3 is 29.4 Å². The van der Waals surface area contributed by atoms with Crippen molar-refractivity contribution in [2.24, 2.45) is 0 Å². The van der Waals surface area contributed by atoms with Crippen LogP contribution in [-0.2, 0) is 16.5 Å². The maximum Gasteiger partial charge on any atom is 0.324 e. The normalized spacial score (nSPS) is 8.31. The first-order chi connectivity index (χ1) is 6.86. The minimum atomic E-state index is -2.62. The number of hydrogen-bond acceptors (Lipinski definition) is 6. The molecule has 0 bridgehead atoms. The predicted octanol–water partition coefficient (Wildman–Crippen LogP) is 0.373. The van der Waals surface area contributed by atoms with E-state index in [2.05, 4.69) is 19.1 Å². The molecule has 6 N–H and O–H groups in total. The predicted molar refractivity (Wildman–Crippen MR) is 58.3 cm³/mol. The van der Waals surface area contributed by atoms with Crippen molar-refractivity contribution >= 4 is 17.2 Å². The Hall–Kier alpha value is 0.334. The molecule has 1 aromatic rings. The SMILES string of the molecule is Cc1ccccc1.OP(O)O.OP(O)O.[Ni]. The van der Waals surface area contributed by atoms with E-state index in [0.29, 0.717) is 0 Å². The van der Waals surface area contributed by atoms with Gasteiger partial charge in [-0.25, -0.2) is 0 Å². The molecule has 0 aliphatic heterocycles. The van der Waals surface area contributed by atoms with Gasteiger partial charge in [0, 0.05) is 16.5 Å². The van der Waals surface area contributed by atoms with Crippen molar-refractivity contribution in [1.29, 1.82) is 0 Å². The van der Waals surface area contributed by atoms with Crippen LogP contribution in [-0.4, -0.2) is 29.4 Å². The topological polar surface area (TPSA) is 121 Å². The molecule has 0 heterocycles. The van der Waals surface area contributed by atoms with Gasteiger partial charge in [-0.1, -0.05) is 35.9 Å². The summed E-state index contributed by atoms with van der Waals surface area (Å²) in [4.78, 5) is 43.4. The van der Waals surface area contributed by atoms with Crippen molar-refractivity contribution < 1.29 is 45.9 Å². The van der Waals surface area contributed by atoms with Crippen molar-refractivity contribution in [2.45, 2.75) is 6.92 Å². The molecular formula is C7H14NiO6P2. The Morgan fingerprint density at radius 2 is 1.00 bits per heavy atom. The van der Waals surface area contributed by atoms with Gasteiger partial charge in [0.25, 0.3) is 0 Å². The minimum absolute atomic E-state index is 0. The van der Waals surface area contributed by atoms with Crippen molar-refractivity contribution in [2.75, 3.05) is 0 Å². The van der Waals surface area contributed by atoms with Crippen LogP contribution in [0, 0.1) is 6.92 Å². The Labute approximate surface area is 106 Å². The summed E-state index contributed by atoms with van der Waals surface area (Å²) in [5, 5.41) is 0. The summed E-state index contributed by atoms with van der Waals surface area (Å²) in [5.41, 5.74) is 1.32. The zero-order valence-electron chi connectivity index (χ0n) is 8.28. The molecule has 0 saturated carbocycles. The van der Waals surface area contributed by atoms with E-state index in [1.54, 1.807) is 0 Å². The van der Waals surface area contributed by atoms with E-state index in [1.165, 1.54) is 5.56 Å². The molecule has 0 fully saturated rings. The van der Waals surface area contributed by atoms with Crippen LogP contribution >= 0.6 is 17.2 Å². The van der Waals surface area contributed by atoms with Gasteiger partial charge in [0.2, 0.25) is 0 Å². The maximum atomic E-state index is 7.23. The Morgan fingerprint density at radius 3 is 1.12 bits per heavy atom. The summed E-state index contributed by atoms with van der Waals surface area (Å²) < 4.78 is 0. The number of rotatable bonds is 0. The molecule has 0 aliphatic carbocycles. The van der Waals surface area contributed by atoms with Crippen LogP contribution in [0.5, 0.6) is 0 Å². The Balaban J connectivity index is -0.000000166. The number of benzene rings is 1. The van der Waals surface area contributed by atoms with E-state index in [0.717, 1.165) is 0 Å². The summed E-state index contributed by atoms with van der Waals surface area (Å²) >= 11 is 0. The largest absolute Gasteiger partial charge is 0.328 e. The Morgan fingerprint density at radius 1 is 0.750 bits per heavy atom. The monoisotopic (exact) mass is 314 g/mol. The third kappa shape index (κ3) is 36.7. The molecule has 0 saturated heterocycles. The first-order valence-electron chi connectivity index (χ1n) is 3.61. The summed E-state index contributed by atoms with van der Waals surface area (Å²) in [6.07, 6.45) is 0. The summed E-state index contributed by atoms with van der Waals surface area (Å²) in [6, 6.07) is 10.3. The molecule has 16 heavy (non-hydrogen) atoms. The van der Waals surface area contributed by atoms with Gasteiger partial charge in [0.05, 0.1) is 0 Å². The van der Waals surface area contributed by atoms with Gasteiger partial charge >= 0.3 is 17.2 Å². The number of hydrogen-bond donors (Lipinski definition) is 6. The molecule has 0 aliphatic rings. The molecule has 9 heteroatoms. The van der Waals surface area contributed by atoms with E-state index in [4.69, 9.17) is 29.4 Å². The van der Waals surface area contributed by atoms with Gasteiger partial charge in [-0.2, -0.15) is 0 Å². The zero-order chi connectivity index (χ0) is 12.3. The van der Waals surface area contributed by atoms with E-state index >= 15 is 0 Å². The summed E-state index contributed by atoms with van der Waals surface area (Å²) in [5.74, 6) is 0. The molecular weight excluding hydrogens is 301 g/mol. The van der Waals surface area contributed by atoms with Gasteiger partial charge in [-0.3, -0.25) is 0 Å². The van der Waals surface area contributed by atoms with Gasteiger partial charge in [-0.05, 0) is 6.92 Å². The standard InChI is InChI=1S/C7H8.Ni.2H3O3P/c1-7-5-3-2-4-6-7;;2*1-4(2)3/h2-6H,1H3;;2*1-3H. The van der Waals surface area contributed by atoms with Gasteiger partial charge in [0.1, 0.15) is 0 Å². The fraction of sp³-hybridized carbons (Fsp3) is 0.143. The quantitative estimate of drug-likeness (QED) is 0.304. The fourth-order valence-electron chi connectivity index (χ4n) is 0.534. The van der Waals surface area contributed by atoms with E-state index in [-0.39, 0.29) is 16.5 Å². The van der Waals surface area contributed by atoms with Crippen molar-refractivity contribution in [3.8, 4) is 0 Å². The average molecular weight is 315 g/mol. The van der Waals surface area contributed by atoms with Crippen LogP contribution in [0.1, 0.15) is 5.56 Å². The van der Waals surface area contributed by atoms with E-state index in [1.807, 2.05) is 18.2 Å². The second kappa shape index (κ2) is 15.3. The molecule has 0 aromatic heterocycles. The molecule has 0 unspecified atom stereocenters. The molecule has 98 valence electrons. The number of aryl methyl sites for hydroxylation is 1. The van der Waals surface area contributed by atoms with Crippen LogP contribution < -0.4 is 0 Å². The third-order valence-corrected chi connectivity index (χ3v) is 0.940. The van der Waals surface area contributed by atoms with Crippen LogP contribution in [0.4, 0.5) is 0 Å². The van der Waals surface area contributed by atoms with Crippen molar-refractivity contribution in [3.05, 3.63) is 35.9 Å². The van der Waals surface area contributed by atoms with E-state index in [9.17, 15) is 0 Å². The molecule has 1 aromatic carbocycles. The van der Waals surface area contributed by atoms with Crippen LogP contribution in [0.2, 0.25) is 0 Å².